The maximum atomic E-state index is 12.4. The van der Waals surface area contributed by atoms with E-state index in [-0.39, 0.29) is 5.91 Å². The van der Waals surface area contributed by atoms with Crippen molar-refractivity contribution in [2.75, 3.05) is 32.6 Å². The zero-order valence-corrected chi connectivity index (χ0v) is 18.0. The van der Waals surface area contributed by atoms with E-state index in [1.165, 1.54) is 0 Å². The molecule has 3 rings (SSSR count). The quantitative estimate of drug-likeness (QED) is 0.461. The zero-order valence-electron chi connectivity index (χ0n) is 18.0. The number of pyridine rings is 1. The summed E-state index contributed by atoms with van der Waals surface area (Å²) in [6.07, 6.45) is 1.42. The van der Waals surface area contributed by atoms with Crippen LogP contribution in [0.25, 0.3) is 0 Å². The molecule has 3 aromatic rings. The van der Waals surface area contributed by atoms with E-state index in [4.69, 9.17) is 4.74 Å². The lowest BCUT2D eigenvalue weighted by atomic mass is 10.1. The highest BCUT2D eigenvalue weighted by atomic mass is 16.5. The summed E-state index contributed by atoms with van der Waals surface area (Å²) in [5.74, 6) is 1.17. The first-order chi connectivity index (χ1) is 15.0. The van der Waals surface area contributed by atoms with Gasteiger partial charge in [0.2, 0.25) is 0 Å². The lowest BCUT2D eigenvalue weighted by Crippen LogP contribution is -2.26. The van der Waals surface area contributed by atoms with Gasteiger partial charge in [-0.05, 0) is 55.4 Å². The molecule has 3 N–H and O–H groups in total. The molecule has 1 aromatic heterocycles. The first kappa shape index (κ1) is 22.3. The third kappa shape index (κ3) is 6.28. The fourth-order valence-electron chi connectivity index (χ4n) is 3.04. The van der Waals surface area contributed by atoms with Crippen LogP contribution in [0, 0.1) is 0 Å². The van der Waals surface area contributed by atoms with Crippen LogP contribution in [0.2, 0.25) is 0 Å². The van der Waals surface area contributed by atoms with Crippen LogP contribution >= 0.6 is 0 Å². The molecular weight excluding hydrogens is 392 g/mol. The largest absolute Gasteiger partial charge is 0.457 e. The minimum Gasteiger partial charge on any atom is -0.457 e. The van der Waals surface area contributed by atoms with Gasteiger partial charge in [-0.15, -0.1) is 0 Å². The second-order valence-corrected chi connectivity index (χ2v) is 7.31. The zero-order chi connectivity index (χ0) is 22.2. The number of aliphatic hydroxyl groups excluding tert-OH is 1. The van der Waals surface area contributed by atoms with E-state index in [9.17, 15) is 9.90 Å². The average molecular weight is 421 g/mol. The first-order valence-electron chi connectivity index (χ1n) is 10.1. The summed E-state index contributed by atoms with van der Waals surface area (Å²) in [6, 6.07) is 18.7. The summed E-state index contributed by atoms with van der Waals surface area (Å²) in [5.41, 5.74) is 3.15. The first-order valence-corrected chi connectivity index (χ1v) is 10.1. The van der Waals surface area contributed by atoms with Crippen LogP contribution in [0.5, 0.6) is 11.5 Å². The van der Waals surface area contributed by atoms with E-state index in [2.05, 4.69) is 15.6 Å². The van der Waals surface area contributed by atoms with Crippen LogP contribution < -0.4 is 20.3 Å². The Morgan fingerprint density at radius 2 is 1.87 bits per heavy atom. The smallest absolute Gasteiger partial charge is 0.251 e. The topological polar surface area (TPSA) is 86.7 Å². The molecule has 0 aliphatic rings. The number of anilines is 1. The van der Waals surface area contributed by atoms with E-state index in [1.54, 1.807) is 25.4 Å². The predicted molar refractivity (Wildman–Crippen MR) is 122 cm³/mol. The molecule has 7 nitrogen and oxygen atoms in total. The van der Waals surface area contributed by atoms with Gasteiger partial charge >= 0.3 is 0 Å². The van der Waals surface area contributed by atoms with Crippen molar-refractivity contribution in [1.29, 1.82) is 0 Å². The Morgan fingerprint density at radius 1 is 1.10 bits per heavy atom. The number of benzene rings is 2. The van der Waals surface area contributed by atoms with Crippen molar-refractivity contribution in [1.82, 2.24) is 15.6 Å². The van der Waals surface area contributed by atoms with Gasteiger partial charge in [0.15, 0.2) is 0 Å². The number of aromatic nitrogens is 1. The summed E-state index contributed by atoms with van der Waals surface area (Å²) >= 11 is 0. The van der Waals surface area contributed by atoms with Gasteiger partial charge in [-0.1, -0.05) is 18.2 Å². The van der Waals surface area contributed by atoms with Gasteiger partial charge in [0.05, 0.1) is 5.69 Å². The normalized spacial score (nSPS) is 11.6. The molecule has 1 heterocycles. The summed E-state index contributed by atoms with van der Waals surface area (Å²) in [4.78, 5) is 18.5. The molecular formula is C24H28N4O3. The highest BCUT2D eigenvalue weighted by Gasteiger charge is 2.09. The van der Waals surface area contributed by atoms with E-state index in [1.807, 2.05) is 67.5 Å². The van der Waals surface area contributed by atoms with E-state index in [0.29, 0.717) is 35.7 Å². The Balaban J connectivity index is 1.57. The molecule has 1 amide bonds. The van der Waals surface area contributed by atoms with Crippen LogP contribution in [0.3, 0.4) is 0 Å². The van der Waals surface area contributed by atoms with Crippen LogP contribution in [0.15, 0.2) is 66.9 Å². The van der Waals surface area contributed by atoms with Crippen LogP contribution in [-0.4, -0.2) is 43.7 Å². The molecule has 0 bridgehead atoms. The van der Waals surface area contributed by atoms with Crippen molar-refractivity contribution < 1.29 is 14.6 Å². The van der Waals surface area contributed by atoms with E-state index in [0.717, 1.165) is 11.3 Å². The van der Waals surface area contributed by atoms with Gasteiger partial charge in [0, 0.05) is 44.2 Å². The van der Waals surface area contributed by atoms with Crippen molar-refractivity contribution in [2.24, 2.45) is 0 Å². The standard InChI is InChI=1S/C24H28N4O3/c1-25-24(30)22-16-21(11-13-26-22)31-20-9-4-6-17(14-20)10-12-27-23(29)18-7-5-8-19(15-18)28(2)3/h4-9,11,13-16,24-25,30H,10,12H2,1-3H3,(H,27,29). The molecule has 162 valence electrons. The minimum absolute atomic E-state index is 0.0940. The second kappa shape index (κ2) is 10.6. The molecule has 0 aliphatic heterocycles. The fourth-order valence-corrected chi connectivity index (χ4v) is 3.04. The Kier molecular flexibility index (Phi) is 7.59. The van der Waals surface area contributed by atoms with Gasteiger partial charge < -0.3 is 20.1 Å². The molecule has 2 aromatic carbocycles. The third-order valence-corrected chi connectivity index (χ3v) is 4.76. The fraction of sp³-hybridized carbons (Fsp3) is 0.250. The van der Waals surface area contributed by atoms with Gasteiger partial charge in [-0.2, -0.15) is 0 Å². The molecule has 0 fully saturated rings. The number of amides is 1. The molecule has 7 heteroatoms. The van der Waals surface area contributed by atoms with Gasteiger partial charge in [0.1, 0.15) is 17.7 Å². The SMILES string of the molecule is CNC(O)c1cc(Oc2cccc(CCNC(=O)c3cccc(N(C)C)c3)c2)ccn1. The predicted octanol–water partition coefficient (Wildman–Crippen LogP) is 3.12. The highest BCUT2D eigenvalue weighted by Crippen LogP contribution is 2.24. The Bertz CT molecular complexity index is 1020. The lowest BCUT2D eigenvalue weighted by Gasteiger charge is -2.13. The van der Waals surface area contributed by atoms with Crippen LogP contribution in [-0.2, 0) is 6.42 Å². The van der Waals surface area contributed by atoms with Crippen LogP contribution in [0.4, 0.5) is 5.69 Å². The monoisotopic (exact) mass is 420 g/mol. The van der Waals surface area contributed by atoms with Gasteiger partial charge in [-0.3, -0.25) is 15.1 Å². The maximum absolute atomic E-state index is 12.4. The second-order valence-electron chi connectivity index (χ2n) is 7.31. The summed E-state index contributed by atoms with van der Waals surface area (Å²) in [6.45, 7) is 0.516. The van der Waals surface area contributed by atoms with Crippen molar-refractivity contribution >= 4 is 11.6 Å². The number of rotatable bonds is 9. The highest BCUT2D eigenvalue weighted by molar-refractivity contribution is 5.95. The average Bonchev–Trinajstić information content (AvgIpc) is 2.79. The molecule has 0 spiro atoms. The molecule has 0 aliphatic carbocycles. The van der Waals surface area contributed by atoms with Crippen molar-refractivity contribution in [2.45, 2.75) is 12.6 Å². The molecule has 0 radical (unpaired) electrons. The van der Waals surface area contributed by atoms with Crippen LogP contribution in [0.1, 0.15) is 27.8 Å². The molecule has 1 atom stereocenters. The third-order valence-electron chi connectivity index (χ3n) is 4.76. The Labute approximate surface area is 182 Å². The lowest BCUT2D eigenvalue weighted by molar-refractivity contribution is 0.0954. The number of aliphatic hydroxyl groups is 1. The number of hydrogen-bond donors (Lipinski definition) is 3. The van der Waals surface area contributed by atoms with Gasteiger partial charge in [-0.25, -0.2) is 0 Å². The number of hydrogen-bond acceptors (Lipinski definition) is 6. The molecule has 31 heavy (non-hydrogen) atoms. The summed E-state index contributed by atoms with van der Waals surface area (Å²) in [5, 5.41) is 15.6. The number of nitrogens with zero attached hydrogens (tertiary/aromatic N) is 2. The van der Waals surface area contributed by atoms with E-state index >= 15 is 0 Å². The number of carbonyl (C=O) groups is 1. The van der Waals surface area contributed by atoms with Crippen molar-refractivity contribution in [3.8, 4) is 11.5 Å². The number of ether oxygens (including phenoxy) is 1. The maximum Gasteiger partial charge on any atom is 0.251 e. The molecule has 0 saturated carbocycles. The molecule has 0 saturated heterocycles. The van der Waals surface area contributed by atoms with E-state index < -0.39 is 6.23 Å². The summed E-state index contributed by atoms with van der Waals surface area (Å²) in [7, 11) is 5.55. The molecule has 1 unspecified atom stereocenters. The Morgan fingerprint density at radius 3 is 2.65 bits per heavy atom. The Hall–Kier alpha value is -3.42. The minimum atomic E-state index is -0.850. The summed E-state index contributed by atoms with van der Waals surface area (Å²) < 4.78 is 5.92. The van der Waals surface area contributed by atoms with Crippen molar-refractivity contribution in [3.05, 3.63) is 83.7 Å². The van der Waals surface area contributed by atoms with Gasteiger partial charge in [0.25, 0.3) is 5.91 Å². The van der Waals surface area contributed by atoms with Crippen molar-refractivity contribution in [3.63, 3.8) is 0 Å². The number of nitrogens with one attached hydrogen (secondary N) is 2. The number of carbonyl (C=O) groups excluding carboxylic acids is 1.